The number of aliphatic hydroxyl groups is 1. The van der Waals surface area contributed by atoms with Gasteiger partial charge in [-0.3, -0.25) is 0 Å². The molecular weight excluding hydrogens is 268 g/mol. The second-order valence-electron chi connectivity index (χ2n) is 5.69. The Bertz CT molecular complexity index is 721. The summed E-state index contributed by atoms with van der Waals surface area (Å²) in [5.74, 6) is 0. The molecule has 0 saturated heterocycles. The van der Waals surface area contributed by atoms with Crippen LogP contribution < -0.4 is 0 Å². The van der Waals surface area contributed by atoms with E-state index in [1.165, 1.54) is 5.56 Å². The maximum absolute atomic E-state index is 11.7. The lowest BCUT2D eigenvalue weighted by atomic mass is 9.78. The van der Waals surface area contributed by atoms with Gasteiger partial charge >= 0.3 is 0 Å². The zero-order chi connectivity index (χ0) is 15.6. The summed E-state index contributed by atoms with van der Waals surface area (Å²) < 4.78 is 0. The SMILES string of the molecule is Cc1cccc(C(O)(c2ccccc2)c2ccccc2)c1C. The zero-order valence-electron chi connectivity index (χ0n) is 13.0. The molecule has 1 heteroatoms. The van der Waals surface area contributed by atoms with Crippen LogP contribution in [0.25, 0.3) is 0 Å². The first-order valence-corrected chi connectivity index (χ1v) is 7.54. The van der Waals surface area contributed by atoms with Crippen molar-refractivity contribution in [2.45, 2.75) is 19.4 Å². The van der Waals surface area contributed by atoms with E-state index in [1.807, 2.05) is 72.8 Å². The van der Waals surface area contributed by atoms with Gasteiger partial charge in [0.05, 0.1) is 0 Å². The van der Waals surface area contributed by atoms with Gasteiger partial charge in [0, 0.05) is 0 Å². The minimum Gasteiger partial charge on any atom is -0.376 e. The van der Waals surface area contributed by atoms with E-state index in [-0.39, 0.29) is 0 Å². The van der Waals surface area contributed by atoms with E-state index >= 15 is 0 Å². The van der Waals surface area contributed by atoms with Gasteiger partial charge in [0.15, 0.2) is 0 Å². The summed E-state index contributed by atoms with van der Waals surface area (Å²) in [5.41, 5.74) is 3.87. The average Bonchev–Trinajstić information content (AvgIpc) is 2.58. The van der Waals surface area contributed by atoms with Crippen LogP contribution in [0.3, 0.4) is 0 Å². The van der Waals surface area contributed by atoms with Crippen molar-refractivity contribution >= 4 is 0 Å². The van der Waals surface area contributed by atoms with Crippen LogP contribution in [0.1, 0.15) is 27.8 Å². The molecule has 110 valence electrons. The second kappa shape index (κ2) is 5.78. The van der Waals surface area contributed by atoms with Gasteiger partial charge in [0.2, 0.25) is 0 Å². The van der Waals surface area contributed by atoms with Crippen LogP contribution in [0.4, 0.5) is 0 Å². The lowest BCUT2D eigenvalue weighted by Crippen LogP contribution is -2.30. The van der Waals surface area contributed by atoms with E-state index < -0.39 is 5.60 Å². The van der Waals surface area contributed by atoms with Crippen molar-refractivity contribution in [2.24, 2.45) is 0 Å². The standard InChI is InChI=1S/C21H20O/c1-16-10-9-15-20(17(16)2)21(22,18-11-5-3-6-12-18)19-13-7-4-8-14-19/h3-15,22H,1-2H3. The molecule has 1 nitrogen and oxygen atoms in total. The van der Waals surface area contributed by atoms with Crippen molar-refractivity contribution < 1.29 is 5.11 Å². The first-order chi connectivity index (χ1) is 10.6. The molecule has 0 atom stereocenters. The smallest absolute Gasteiger partial charge is 0.140 e. The summed E-state index contributed by atoms with van der Waals surface area (Å²) in [6.07, 6.45) is 0. The van der Waals surface area contributed by atoms with Crippen molar-refractivity contribution in [3.05, 3.63) is 107 Å². The molecule has 0 fully saturated rings. The van der Waals surface area contributed by atoms with Crippen molar-refractivity contribution in [2.75, 3.05) is 0 Å². The maximum Gasteiger partial charge on any atom is 0.140 e. The molecule has 0 saturated carbocycles. The van der Waals surface area contributed by atoms with Crippen LogP contribution in [0, 0.1) is 13.8 Å². The summed E-state index contributed by atoms with van der Waals surface area (Å²) in [6.45, 7) is 4.15. The topological polar surface area (TPSA) is 20.2 Å². The van der Waals surface area contributed by atoms with Crippen molar-refractivity contribution in [1.82, 2.24) is 0 Å². The molecule has 3 aromatic rings. The molecule has 0 aliphatic heterocycles. The zero-order valence-corrected chi connectivity index (χ0v) is 13.0. The fourth-order valence-electron chi connectivity index (χ4n) is 2.98. The normalized spacial score (nSPS) is 11.4. The van der Waals surface area contributed by atoms with Gasteiger partial charge in [-0.2, -0.15) is 0 Å². The fourth-order valence-corrected chi connectivity index (χ4v) is 2.98. The van der Waals surface area contributed by atoms with Crippen LogP contribution in [-0.4, -0.2) is 5.11 Å². The molecular formula is C21H20O. The largest absolute Gasteiger partial charge is 0.376 e. The summed E-state index contributed by atoms with van der Waals surface area (Å²) in [7, 11) is 0. The lowest BCUT2D eigenvalue weighted by molar-refractivity contribution is 0.125. The molecule has 22 heavy (non-hydrogen) atoms. The van der Waals surface area contributed by atoms with Crippen LogP contribution in [0.5, 0.6) is 0 Å². The predicted molar refractivity (Wildman–Crippen MR) is 90.9 cm³/mol. The quantitative estimate of drug-likeness (QED) is 0.699. The summed E-state index contributed by atoms with van der Waals surface area (Å²) >= 11 is 0. The van der Waals surface area contributed by atoms with E-state index in [1.54, 1.807) is 0 Å². The Balaban J connectivity index is 2.31. The molecule has 0 bridgehead atoms. The maximum atomic E-state index is 11.7. The highest BCUT2D eigenvalue weighted by molar-refractivity contribution is 5.51. The minimum atomic E-state index is -1.14. The van der Waals surface area contributed by atoms with Crippen molar-refractivity contribution in [1.29, 1.82) is 0 Å². The second-order valence-corrected chi connectivity index (χ2v) is 5.69. The third kappa shape index (κ3) is 2.34. The number of aryl methyl sites for hydroxylation is 1. The summed E-state index contributed by atoms with van der Waals surface area (Å²) in [6, 6.07) is 25.8. The first kappa shape index (κ1) is 14.6. The average molecular weight is 288 g/mol. The molecule has 1 N–H and O–H groups in total. The molecule has 3 rings (SSSR count). The van der Waals surface area contributed by atoms with Crippen LogP contribution >= 0.6 is 0 Å². The van der Waals surface area contributed by atoms with Crippen molar-refractivity contribution in [3.63, 3.8) is 0 Å². The predicted octanol–water partition coefficient (Wildman–Crippen LogP) is 4.59. The molecule has 0 heterocycles. The number of rotatable bonds is 3. The molecule has 0 unspecified atom stereocenters. The molecule has 3 aromatic carbocycles. The fraction of sp³-hybridized carbons (Fsp3) is 0.143. The Morgan fingerprint density at radius 3 is 1.64 bits per heavy atom. The minimum absolute atomic E-state index is 0.884. The number of hydrogen-bond acceptors (Lipinski definition) is 1. The lowest BCUT2D eigenvalue weighted by Gasteiger charge is -2.32. The molecule has 0 aliphatic rings. The third-order valence-electron chi connectivity index (χ3n) is 4.38. The van der Waals surface area contributed by atoms with Gasteiger partial charge in [-0.1, -0.05) is 78.9 Å². The van der Waals surface area contributed by atoms with Gasteiger partial charge in [-0.25, -0.2) is 0 Å². The molecule has 0 radical (unpaired) electrons. The molecule has 0 spiro atoms. The monoisotopic (exact) mass is 288 g/mol. The van der Waals surface area contributed by atoms with Gasteiger partial charge in [-0.05, 0) is 41.7 Å². The van der Waals surface area contributed by atoms with Gasteiger partial charge in [0.1, 0.15) is 5.60 Å². The van der Waals surface area contributed by atoms with E-state index in [9.17, 15) is 5.11 Å². The molecule has 0 aromatic heterocycles. The highest BCUT2D eigenvalue weighted by Gasteiger charge is 2.34. The Kier molecular flexibility index (Phi) is 3.82. The van der Waals surface area contributed by atoms with Crippen LogP contribution in [-0.2, 0) is 5.60 Å². The highest BCUT2D eigenvalue weighted by Crippen LogP contribution is 2.38. The van der Waals surface area contributed by atoms with E-state index in [4.69, 9.17) is 0 Å². The van der Waals surface area contributed by atoms with E-state index in [0.29, 0.717) is 0 Å². The Labute approximate surface area is 131 Å². The Morgan fingerprint density at radius 1 is 0.636 bits per heavy atom. The van der Waals surface area contributed by atoms with Crippen LogP contribution in [0.15, 0.2) is 78.9 Å². The Morgan fingerprint density at radius 2 is 1.14 bits per heavy atom. The molecule has 0 amide bonds. The van der Waals surface area contributed by atoms with E-state index in [0.717, 1.165) is 22.3 Å². The van der Waals surface area contributed by atoms with Gasteiger partial charge in [-0.15, -0.1) is 0 Å². The van der Waals surface area contributed by atoms with E-state index in [2.05, 4.69) is 19.9 Å². The number of benzene rings is 3. The van der Waals surface area contributed by atoms with Crippen LogP contribution in [0.2, 0.25) is 0 Å². The summed E-state index contributed by atoms with van der Waals surface area (Å²) in [5, 5.41) is 11.7. The highest BCUT2D eigenvalue weighted by atomic mass is 16.3. The first-order valence-electron chi connectivity index (χ1n) is 7.54. The third-order valence-corrected chi connectivity index (χ3v) is 4.38. The van der Waals surface area contributed by atoms with Crippen molar-refractivity contribution in [3.8, 4) is 0 Å². The summed E-state index contributed by atoms with van der Waals surface area (Å²) in [4.78, 5) is 0. The number of hydrogen-bond donors (Lipinski definition) is 1. The molecule has 0 aliphatic carbocycles. The Hall–Kier alpha value is -2.38. The van der Waals surface area contributed by atoms with Gasteiger partial charge < -0.3 is 5.11 Å². The van der Waals surface area contributed by atoms with Gasteiger partial charge in [0.25, 0.3) is 0 Å².